The smallest absolute Gasteiger partial charge is 0.123 e. The number of anilines is 1. The molecule has 0 bridgehead atoms. The van der Waals surface area contributed by atoms with Crippen LogP contribution < -0.4 is 10.2 Å². The Morgan fingerprint density at radius 2 is 2.22 bits per heavy atom. The second-order valence-electron chi connectivity index (χ2n) is 4.75. The van der Waals surface area contributed by atoms with Crippen LogP contribution in [0, 0.1) is 0 Å². The molecule has 3 nitrogen and oxygen atoms in total. The molecule has 1 N–H and O–H groups in total. The molecule has 1 aliphatic heterocycles. The number of rotatable bonds is 4. The maximum atomic E-state index is 5.61. The fourth-order valence-electron chi connectivity index (χ4n) is 2.56. The summed E-state index contributed by atoms with van der Waals surface area (Å²) < 4.78 is 5.61. The standard InChI is InChI=1S/C15H18N2O/c1-16-9-12-8-14(18-11-12)10-17-7-6-13-4-2-3-5-15(13)17/h2-5,8,11,16H,6-7,9-10H2,1H3. The van der Waals surface area contributed by atoms with E-state index in [1.165, 1.54) is 16.8 Å². The highest BCUT2D eigenvalue weighted by atomic mass is 16.3. The number of para-hydroxylation sites is 1. The van der Waals surface area contributed by atoms with Gasteiger partial charge in [0.2, 0.25) is 0 Å². The van der Waals surface area contributed by atoms with Gasteiger partial charge in [0.15, 0.2) is 0 Å². The van der Waals surface area contributed by atoms with Gasteiger partial charge in [-0.2, -0.15) is 0 Å². The van der Waals surface area contributed by atoms with E-state index in [1.807, 2.05) is 13.3 Å². The van der Waals surface area contributed by atoms with Crippen LogP contribution in [0.1, 0.15) is 16.9 Å². The molecule has 1 aromatic heterocycles. The highest BCUT2D eigenvalue weighted by Crippen LogP contribution is 2.29. The average Bonchev–Trinajstić information content (AvgIpc) is 2.99. The van der Waals surface area contributed by atoms with Crippen LogP contribution in [-0.2, 0) is 19.5 Å². The molecular formula is C15H18N2O. The summed E-state index contributed by atoms with van der Waals surface area (Å²) in [5.41, 5.74) is 4.00. The van der Waals surface area contributed by atoms with Crippen LogP contribution in [0.25, 0.3) is 0 Å². The van der Waals surface area contributed by atoms with Crippen molar-refractivity contribution >= 4 is 5.69 Å². The minimum absolute atomic E-state index is 0.861. The monoisotopic (exact) mass is 242 g/mol. The van der Waals surface area contributed by atoms with Crippen LogP contribution in [0.15, 0.2) is 41.0 Å². The van der Waals surface area contributed by atoms with Gasteiger partial charge in [-0.05, 0) is 31.2 Å². The van der Waals surface area contributed by atoms with Gasteiger partial charge in [0.25, 0.3) is 0 Å². The minimum Gasteiger partial charge on any atom is -0.467 e. The Morgan fingerprint density at radius 3 is 3.11 bits per heavy atom. The fourth-order valence-corrected chi connectivity index (χ4v) is 2.56. The number of fused-ring (bicyclic) bond motifs is 1. The first-order chi connectivity index (χ1) is 8.86. The lowest BCUT2D eigenvalue weighted by atomic mass is 10.2. The molecule has 94 valence electrons. The summed E-state index contributed by atoms with van der Waals surface area (Å²) in [6, 6.07) is 10.8. The Morgan fingerprint density at radius 1 is 1.33 bits per heavy atom. The number of hydrogen-bond acceptors (Lipinski definition) is 3. The Balaban J connectivity index is 1.73. The molecule has 1 aliphatic rings. The van der Waals surface area contributed by atoms with Crippen LogP contribution >= 0.6 is 0 Å². The number of benzene rings is 1. The molecular weight excluding hydrogens is 224 g/mol. The molecule has 0 atom stereocenters. The van der Waals surface area contributed by atoms with Crippen molar-refractivity contribution < 1.29 is 4.42 Å². The van der Waals surface area contributed by atoms with Gasteiger partial charge in [-0.1, -0.05) is 18.2 Å². The number of furan rings is 1. The van der Waals surface area contributed by atoms with E-state index in [4.69, 9.17) is 4.42 Å². The van der Waals surface area contributed by atoms with E-state index in [2.05, 4.69) is 40.5 Å². The van der Waals surface area contributed by atoms with E-state index in [0.29, 0.717) is 0 Å². The Labute approximate surface area is 107 Å². The Bertz CT molecular complexity index is 533. The predicted octanol–water partition coefficient (Wildman–Crippen LogP) is 2.56. The van der Waals surface area contributed by atoms with Crippen molar-refractivity contribution in [3.8, 4) is 0 Å². The van der Waals surface area contributed by atoms with Gasteiger partial charge in [-0.25, -0.2) is 0 Å². The zero-order valence-electron chi connectivity index (χ0n) is 10.6. The predicted molar refractivity (Wildman–Crippen MR) is 72.7 cm³/mol. The third-order valence-corrected chi connectivity index (χ3v) is 3.42. The van der Waals surface area contributed by atoms with Crippen LogP contribution in [0.3, 0.4) is 0 Å². The highest BCUT2D eigenvalue weighted by molar-refractivity contribution is 5.57. The van der Waals surface area contributed by atoms with Crippen LogP contribution in [-0.4, -0.2) is 13.6 Å². The first-order valence-electron chi connectivity index (χ1n) is 6.40. The highest BCUT2D eigenvalue weighted by Gasteiger charge is 2.19. The van der Waals surface area contributed by atoms with Crippen molar-refractivity contribution in [2.75, 3.05) is 18.5 Å². The molecule has 0 radical (unpaired) electrons. The minimum atomic E-state index is 0.861. The molecule has 1 aromatic carbocycles. The molecule has 3 rings (SSSR count). The molecule has 0 unspecified atom stereocenters. The summed E-state index contributed by atoms with van der Waals surface area (Å²) >= 11 is 0. The maximum absolute atomic E-state index is 5.61. The molecule has 2 aromatic rings. The number of nitrogens with zero attached hydrogens (tertiary/aromatic N) is 1. The van der Waals surface area contributed by atoms with Gasteiger partial charge in [-0.15, -0.1) is 0 Å². The molecule has 0 fully saturated rings. The largest absolute Gasteiger partial charge is 0.467 e. The van der Waals surface area contributed by atoms with Crippen molar-refractivity contribution in [2.45, 2.75) is 19.5 Å². The maximum Gasteiger partial charge on any atom is 0.123 e. The molecule has 0 amide bonds. The average molecular weight is 242 g/mol. The van der Waals surface area contributed by atoms with Gasteiger partial charge in [0.1, 0.15) is 5.76 Å². The summed E-state index contributed by atoms with van der Waals surface area (Å²) in [5, 5.41) is 3.13. The van der Waals surface area contributed by atoms with Gasteiger partial charge in [-0.3, -0.25) is 0 Å². The summed E-state index contributed by atoms with van der Waals surface area (Å²) in [4.78, 5) is 2.39. The molecule has 2 heterocycles. The van der Waals surface area contributed by atoms with Crippen molar-refractivity contribution in [1.82, 2.24) is 5.32 Å². The van der Waals surface area contributed by atoms with Gasteiger partial charge in [0.05, 0.1) is 12.8 Å². The first kappa shape index (κ1) is 11.4. The van der Waals surface area contributed by atoms with Crippen LogP contribution in [0.4, 0.5) is 5.69 Å². The van der Waals surface area contributed by atoms with E-state index >= 15 is 0 Å². The molecule has 3 heteroatoms. The number of nitrogens with one attached hydrogen (secondary N) is 1. The van der Waals surface area contributed by atoms with Crippen molar-refractivity contribution in [3.05, 3.63) is 53.5 Å². The fraction of sp³-hybridized carbons (Fsp3) is 0.333. The lowest BCUT2D eigenvalue weighted by Crippen LogP contribution is -2.19. The van der Waals surface area contributed by atoms with Gasteiger partial charge in [0, 0.05) is 24.3 Å². The quantitative estimate of drug-likeness (QED) is 0.893. The lowest BCUT2D eigenvalue weighted by Gasteiger charge is -2.17. The van der Waals surface area contributed by atoms with E-state index in [0.717, 1.165) is 31.8 Å². The van der Waals surface area contributed by atoms with Crippen molar-refractivity contribution in [2.24, 2.45) is 0 Å². The topological polar surface area (TPSA) is 28.4 Å². The second-order valence-corrected chi connectivity index (χ2v) is 4.75. The Hall–Kier alpha value is -1.74. The van der Waals surface area contributed by atoms with Gasteiger partial charge < -0.3 is 14.6 Å². The van der Waals surface area contributed by atoms with Gasteiger partial charge >= 0.3 is 0 Å². The summed E-state index contributed by atoms with van der Waals surface area (Å²) in [7, 11) is 1.95. The van der Waals surface area contributed by atoms with E-state index in [-0.39, 0.29) is 0 Å². The Kier molecular flexibility index (Phi) is 3.07. The SMILES string of the molecule is CNCc1coc(CN2CCc3ccccc32)c1. The molecule has 0 aliphatic carbocycles. The summed E-state index contributed by atoms with van der Waals surface area (Å²) in [6.07, 6.45) is 2.98. The third kappa shape index (κ3) is 2.14. The first-order valence-corrected chi connectivity index (χ1v) is 6.40. The van der Waals surface area contributed by atoms with Crippen LogP contribution in [0.5, 0.6) is 0 Å². The zero-order valence-corrected chi connectivity index (χ0v) is 10.6. The summed E-state index contributed by atoms with van der Waals surface area (Å²) in [6.45, 7) is 2.81. The lowest BCUT2D eigenvalue weighted by molar-refractivity contribution is 0.502. The summed E-state index contributed by atoms with van der Waals surface area (Å²) in [5.74, 6) is 1.04. The molecule has 0 saturated heterocycles. The second kappa shape index (κ2) is 4.86. The molecule has 0 saturated carbocycles. The van der Waals surface area contributed by atoms with E-state index in [9.17, 15) is 0 Å². The normalized spacial score (nSPS) is 13.9. The molecule has 0 spiro atoms. The van der Waals surface area contributed by atoms with E-state index < -0.39 is 0 Å². The zero-order chi connectivity index (χ0) is 12.4. The molecule has 18 heavy (non-hydrogen) atoms. The third-order valence-electron chi connectivity index (χ3n) is 3.42. The van der Waals surface area contributed by atoms with E-state index in [1.54, 1.807) is 0 Å². The number of hydrogen-bond donors (Lipinski definition) is 1. The van der Waals surface area contributed by atoms with Crippen molar-refractivity contribution in [1.29, 1.82) is 0 Å². The van der Waals surface area contributed by atoms with Crippen LogP contribution in [0.2, 0.25) is 0 Å². The van der Waals surface area contributed by atoms with Crippen molar-refractivity contribution in [3.63, 3.8) is 0 Å².